The number of hydrogen-bond acceptors (Lipinski definition) is 2. The van der Waals surface area contributed by atoms with Gasteiger partial charge in [0, 0.05) is 12.1 Å². The molecule has 2 rings (SSSR count). The largest absolute Gasteiger partial charge is 0.369 e. The van der Waals surface area contributed by atoms with Gasteiger partial charge in [0.1, 0.15) is 0 Å². The number of hydrogen-bond donors (Lipinski definition) is 2. The van der Waals surface area contributed by atoms with Crippen LogP contribution in [0.15, 0.2) is 18.2 Å². The van der Waals surface area contributed by atoms with Crippen LogP contribution >= 0.6 is 0 Å². The van der Waals surface area contributed by atoms with Crippen LogP contribution in [-0.2, 0) is 16.0 Å². The normalized spacial score (nSPS) is 16.2. The van der Waals surface area contributed by atoms with Gasteiger partial charge in [0.25, 0.3) is 0 Å². The quantitative estimate of drug-likeness (QED) is 0.781. The topological polar surface area (TPSA) is 72.2 Å². The molecule has 16 heavy (non-hydrogen) atoms. The first kappa shape index (κ1) is 10.7. The molecule has 1 aliphatic rings. The third kappa shape index (κ3) is 1.91. The fourth-order valence-corrected chi connectivity index (χ4v) is 1.82. The lowest BCUT2D eigenvalue weighted by molar-refractivity contribution is -0.119. The summed E-state index contributed by atoms with van der Waals surface area (Å²) < 4.78 is 0. The smallest absolute Gasteiger partial charge is 0.224 e. The molecule has 3 N–H and O–H groups in total. The third-order valence-corrected chi connectivity index (χ3v) is 2.96. The monoisotopic (exact) mass is 218 g/mol. The number of aryl methyl sites for hydroxylation is 1. The van der Waals surface area contributed by atoms with Crippen molar-refractivity contribution in [2.75, 3.05) is 5.32 Å². The lowest BCUT2D eigenvalue weighted by Crippen LogP contribution is -2.21. The van der Waals surface area contributed by atoms with E-state index in [0.717, 1.165) is 23.2 Å². The van der Waals surface area contributed by atoms with Gasteiger partial charge >= 0.3 is 0 Å². The molecule has 0 aromatic heterocycles. The molecule has 4 nitrogen and oxygen atoms in total. The summed E-state index contributed by atoms with van der Waals surface area (Å²) >= 11 is 0. The third-order valence-electron chi connectivity index (χ3n) is 2.96. The second-order valence-electron chi connectivity index (χ2n) is 4.09. The average Bonchev–Trinajstić information content (AvgIpc) is 2.26. The number of primary amides is 1. The molecule has 0 aliphatic carbocycles. The minimum Gasteiger partial charge on any atom is -0.369 e. The molecule has 0 fully saturated rings. The fraction of sp³-hybridized carbons (Fsp3) is 0.333. The summed E-state index contributed by atoms with van der Waals surface area (Å²) in [5, 5.41) is 2.80. The Kier molecular flexibility index (Phi) is 2.64. The lowest BCUT2D eigenvalue weighted by atomic mass is 9.95. The van der Waals surface area contributed by atoms with E-state index in [1.54, 1.807) is 6.92 Å². The van der Waals surface area contributed by atoms with Gasteiger partial charge in [0.05, 0.1) is 5.92 Å². The summed E-state index contributed by atoms with van der Waals surface area (Å²) in [6.07, 6.45) is 1.28. The van der Waals surface area contributed by atoms with Gasteiger partial charge in [0.2, 0.25) is 11.8 Å². The summed E-state index contributed by atoms with van der Waals surface area (Å²) in [7, 11) is 0. The molecule has 1 aliphatic heterocycles. The van der Waals surface area contributed by atoms with E-state index in [1.807, 2.05) is 18.2 Å². The van der Waals surface area contributed by atoms with Gasteiger partial charge in [-0.25, -0.2) is 0 Å². The Bertz CT molecular complexity index is 454. The van der Waals surface area contributed by atoms with Crippen LogP contribution in [0.25, 0.3) is 0 Å². The summed E-state index contributed by atoms with van der Waals surface area (Å²) in [6.45, 7) is 1.76. The van der Waals surface area contributed by atoms with E-state index < -0.39 is 0 Å². The van der Waals surface area contributed by atoms with Gasteiger partial charge < -0.3 is 11.1 Å². The molecular weight excluding hydrogens is 204 g/mol. The van der Waals surface area contributed by atoms with E-state index in [4.69, 9.17) is 5.73 Å². The van der Waals surface area contributed by atoms with Crippen LogP contribution in [0.5, 0.6) is 0 Å². The van der Waals surface area contributed by atoms with Crippen molar-refractivity contribution in [3.05, 3.63) is 29.3 Å². The minimum absolute atomic E-state index is 0.0244. The van der Waals surface area contributed by atoms with Crippen molar-refractivity contribution in [3.8, 4) is 0 Å². The molecule has 0 unspecified atom stereocenters. The van der Waals surface area contributed by atoms with Crippen molar-refractivity contribution in [2.45, 2.75) is 25.7 Å². The number of rotatable bonds is 2. The Balaban J connectivity index is 2.34. The van der Waals surface area contributed by atoms with Crippen LogP contribution in [-0.4, -0.2) is 11.8 Å². The Labute approximate surface area is 93.8 Å². The Hall–Kier alpha value is -1.84. The highest BCUT2D eigenvalue weighted by molar-refractivity contribution is 5.94. The van der Waals surface area contributed by atoms with Gasteiger partial charge in [0.15, 0.2) is 0 Å². The predicted octanol–water partition coefficient (Wildman–Crippen LogP) is 1.16. The van der Waals surface area contributed by atoms with Crippen LogP contribution < -0.4 is 11.1 Å². The first-order valence-electron chi connectivity index (χ1n) is 5.30. The second-order valence-corrected chi connectivity index (χ2v) is 4.09. The SMILES string of the molecule is C[C@@H](C(N)=O)c1ccc2c(c1)NC(=O)CC2. The van der Waals surface area contributed by atoms with Crippen molar-refractivity contribution in [2.24, 2.45) is 5.73 Å². The van der Waals surface area contributed by atoms with Crippen molar-refractivity contribution in [1.29, 1.82) is 0 Å². The number of anilines is 1. The Morgan fingerprint density at radius 1 is 1.44 bits per heavy atom. The molecular formula is C12H14N2O2. The summed E-state index contributed by atoms with van der Waals surface area (Å²) in [6, 6.07) is 5.68. The minimum atomic E-state index is -0.359. The summed E-state index contributed by atoms with van der Waals surface area (Å²) in [4.78, 5) is 22.3. The number of amides is 2. The number of fused-ring (bicyclic) bond motifs is 1. The summed E-state index contributed by atoms with van der Waals surface area (Å²) in [5.74, 6) is -0.664. The maximum atomic E-state index is 11.2. The molecule has 1 aromatic carbocycles. The zero-order valence-corrected chi connectivity index (χ0v) is 9.12. The molecule has 84 valence electrons. The van der Waals surface area contributed by atoms with E-state index >= 15 is 0 Å². The molecule has 0 bridgehead atoms. The van der Waals surface area contributed by atoms with E-state index in [1.165, 1.54) is 0 Å². The predicted molar refractivity (Wildman–Crippen MR) is 61.0 cm³/mol. The van der Waals surface area contributed by atoms with Gasteiger partial charge in [-0.1, -0.05) is 12.1 Å². The van der Waals surface area contributed by atoms with E-state index in [0.29, 0.717) is 6.42 Å². The van der Waals surface area contributed by atoms with E-state index in [2.05, 4.69) is 5.32 Å². The van der Waals surface area contributed by atoms with Crippen LogP contribution in [0.3, 0.4) is 0 Å². The van der Waals surface area contributed by atoms with Gasteiger partial charge in [-0.3, -0.25) is 9.59 Å². The number of nitrogens with two attached hydrogens (primary N) is 1. The number of nitrogens with one attached hydrogen (secondary N) is 1. The van der Waals surface area contributed by atoms with Crippen LogP contribution in [0, 0.1) is 0 Å². The maximum Gasteiger partial charge on any atom is 0.224 e. The number of carbonyl (C=O) groups is 2. The lowest BCUT2D eigenvalue weighted by Gasteiger charge is -2.18. The molecule has 4 heteroatoms. The highest BCUT2D eigenvalue weighted by Gasteiger charge is 2.18. The van der Waals surface area contributed by atoms with Crippen molar-refractivity contribution < 1.29 is 9.59 Å². The highest BCUT2D eigenvalue weighted by atomic mass is 16.2. The molecule has 0 spiro atoms. The van der Waals surface area contributed by atoms with Crippen molar-refractivity contribution in [1.82, 2.24) is 0 Å². The van der Waals surface area contributed by atoms with Gasteiger partial charge in [-0.2, -0.15) is 0 Å². The van der Waals surface area contributed by atoms with Crippen molar-refractivity contribution >= 4 is 17.5 Å². The zero-order chi connectivity index (χ0) is 11.7. The standard InChI is InChI=1S/C12H14N2O2/c1-7(12(13)16)9-3-2-8-4-5-11(15)14-10(8)6-9/h2-3,6-7H,4-5H2,1H3,(H2,13,16)(H,14,15)/t7-/m1/s1. The first-order valence-corrected chi connectivity index (χ1v) is 5.30. The molecule has 1 heterocycles. The van der Waals surface area contributed by atoms with Crippen LogP contribution in [0.2, 0.25) is 0 Å². The fourth-order valence-electron chi connectivity index (χ4n) is 1.82. The zero-order valence-electron chi connectivity index (χ0n) is 9.12. The molecule has 0 saturated carbocycles. The van der Waals surface area contributed by atoms with Crippen molar-refractivity contribution in [3.63, 3.8) is 0 Å². The van der Waals surface area contributed by atoms with Gasteiger partial charge in [-0.15, -0.1) is 0 Å². The van der Waals surface area contributed by atoms with E-state index in [9.17, 15) is 9.59 Å². The first-order chi connectivity index (χ1) is 7.58. The van der Waals surface area contributed by atoms with Crippen LogP contribution in [0.1, 0.15) is 30.4 Å². The molecule has 0 saturated heterocycles. The highest BCUT2D eigenvalue weighted by Crippen LogP contribution is 2.26. The molecule has 2 amide bonds. The summed E-state index contributed by atoms with van der Waals surface area (Å²) in [5.41, 5.74) is 8.00. The Morgan fingerprint density at radius 3 is 2.88 bits per heavy atom. The van der Waals surface area contributed by atoms with Gasteiger partial charge in [-0.05, 0) is 30.5 Å². The Morgan fingerprint density at radius 2 is 2.19 bits per heavy atom. The maximum absolute atomic E-state index is 11.2. The molecule has 0 radical (unpaired) electrons. The van der Waals surface area contributed by atoms with E-state index in [-0.39, 0.29) is 17.7 Å². The molecule has 1 aromatic rings. The van der Waals surface area contributed by atoms with Crippen LogP contribution in [0.4, 0.5) is 5.69 Å². The average molecular weight is 218 g/mol. The molecule has 1 atom stereocenters. The number of carbonyl (C=O) groups excluding carboxylic acids is 2. The number of benzene rings is 1. The second kappa shape index (κ2) is 3.96.